The molecule has 1 fully saturated rings. The SMILES string of the molecule is CNC(CC1CCSCC1)CC1CCOc2ccccc21. The van der Waals surface area contributed by atoms with E-state index in [0.29, 0.717) is 12.0 Å². The highest BCUT2D eigenvalue weighted by Crippen LogP contribution is 2.37. The lowest BCUT2D eigenvalue weighted by molar-refractivity contribution is 0.249. The van der Waals surface area contributed by atoms with Gasteiger partial charge in [0.2, 0.25) is 0 Å². The number of thioether (sulfide) groups is 1. The molecule has 0 aromatic heterocycles. The summed E-state index contributed by atoms with van der Waals surface area (Å²) in [4.78, 5) is 0. The van der Waals surface area contributed by atoms with Crippen LogP contribution in [0.4, 0.5) is 0 Å². The van der Waals surface area contributed by atoms with E-state index >= 15 is 0 Å². The van der Waals surface area contributed by atoms with Crippen LogP contribution in [0.5, 0.6) is 5.75 Å². The van der Waals surface area contributed by atoms with Crippen molar-refractivity contribution in [2.45, 2.75) is 44.1 Å². The molecule has 116 valence electrons. The van der Waals surface area contributed by atoms with Gasteiger partial charge < -0.3 is 10.1 Å². The molecule has 3 rings (SSSR count). The standard InChI is InChI=1S/C18H27NOS/c1-19-16(12-14-7-10-21-11-8-14)13-15-6-9-20-18-5-3-2-4-17(15)18/h2-5,14-16,19H,6-13H2,1H3. The van der Waals surface area contributed by atoms with E-state index in [1.165, 1.54) is 42.8 Å². The van der Waals surface area contributed by atoms with Crippen LogP contribution in [0, 0.1) is 5.92 Å². The van der Waals surface area contributed by atoms with Gasteiger partial charge in [-0.2, -0.15) is 11.8 Å². The van der Waals surface area contributed by atoms with Crippen molar-refractivity contribution in [3.05, 3.63) is 29.8 Å². The van der Waals surface area contributed by atoms with Crippen LogP contribution in [-0.4, -0.2) is 31.2 Å². The molecule has 0 bridgehead atoms. The van der Waals surface area contributed by atoms with Gasteiger partial charge in [0.15, 0.2) is 0 Å². The third-order valence-electron chi connectivity index (χ3n) is 5.02. The van der Waals surface area contributed by atoms with Crippen LogP contribution in [-0.2, 0) is 0 Å². The summed E-state index contributed by atoms with van der Waals surface area (Å²) in [6.07, 6.45) is 6.58. The van der Waals surface area contributed by atoms with Crippen molar-refractivity contribution < 1.29 is 4.74 Å². The second-order valence-electron chi connectivity index (χ2n) is 6.38. The van der Waals surface area contributed by atoms with Gasteiger partial charge in [-0.1, -0.05) is 18.2 Å². The maximum atomic E-state index is 5.80. The largest absolute Gasteiger partial charge is 0.493 e. The predicted molar refractivity (Wildman–Crippen MR) is 91.4 cm³/mol. The second kappa shape index (κ2) is 7.55. The molecule has 1 aromatic rings. The number of para-hydroxylation sites is 1. The van der Waals surface area contributed by atoms with E-state index in [4.69, 9.17) is 4.74 Å². The molecule has 2 unspecified atom stereocenters. The first-order chi connectivity index (χ1) is 10.4. The minimum atomic E-state index is 0.647. The van der Waals surface area contributed by atoms with E-state index in [1.807, 2.05) is 0 Å². The first-order valence-electron chi connectivity index (χ1n) is 8.33. The quantitative estimate of drug-likeness (QED) is 0.886. The van der Waals surface area contributed by atoms with Gasteiger partial charge in [0, 0.05) is 6.04 Å². The van der Waals surface area contributed by atoms with Crippen molar-refractivity contribution in [2.24, 2.45) is 5.92 Å². The van der Waals surface area contributed by atoms with Gasteiger partial charge in [-0.25, -0.2) is 0 Å². The predicted octanol–water partition coefficient (Wildman–Crippen LogP) is 4.06. The van der Waals surface area contributed by atoms with Crippen LogP contribution in [0.1, 0.15) is 43.6 Å². The molecule has 3 heteroatoms. The topological polar surface area (TPSA) is 21.3 Å². The lowest BCUT2D eigenvalue weighted by atomic mass is 9.84. The number of nitrogens with one attached hydrogen (secondary N) is 1. The monoisotopic (exact) mass is 305 g/mol. The maximum Gasteiger partial charge on any atom is 0.122 e. The molecule has 21 heavy (non-hydrogen) atoms. The van der Waals surface area contributed by atoms with E-state index in [2.05, 4.69) is 48.4 Å². The molecule has 1 N–H and O–H groups in total. The van der Waals surface area contributed by atoms with Crippen LogP contribution in [0.25, 0.3) is 0 Å². The molecule has 1 saturated heterocycles. The summed E-state index contributed by atoms with van der Waals surface area (Å²) in [5, 5.41) is 3.58. The van der Waals surface area contributed by atoms with Crippen LogP contribution < -0.4 is 10.1 Å². The first kappa shape index (κ1) is 15.2. The molecule has 2 heterocycles. The number of hydrogen-bond acceptors (Lipinski definition) is 3. The van der Waals surface area contributed by atoms with Crippen LogP contribution >= 0.6 is 11.8 Å². The van der Waals surface area contributed by atoms with E-state index in [1.54, 1.807) is 0 Å². The normalized spacial score (nSPS) is 24.1. The first-order valence-corrected chi connectivity index (χ1v) is 9.49. The van der Waals surface area contributed by atoms with Gasteiger partial charge in [0.05, 0.1) is 6.61 Å². The molecular weight excluding hydrogens is 278 g/mol. The molecule has 2 atom stereocenters. The number of rotatable bonds is 5. The smallest absolute Gasteiger partial charge is 0.122 e. The molecule has 0 spiro atoms. The third kappa shape index (κ3) is 3.95. The zero-order valence-electron chi connectivity index (χ0n) is 13.0. The molecule has 0 amide bonds. The Morgan fingerprint density at radius 2 is 2.00 bits per heavy atom. The highest BCUT2D eigenvalue weighted by molar-refractivity contribution is 7.99. The van der Waals surface area contributed by atoms with Crippen molar-refractivity contribution in [3.63, 3.8) is 0 Å². The molecule has 2 aliphatic rings. The fourth-order valence-electron chi connectivity index (χ4n) is 3.72. The summed E-state index contributed by atoms with van der Waals surface area (Å²) in [5.41, 5.74) is 1.42. The number of hydrogen-bond donors (Lipinski definition) is 1. The summed E-state index contributed by atoms with van der Waals surface area (Å²) in [6, 6.07) is 9.25. The zero-order chi connectivity index (χ0) is 14.5. The second-order valence-corrected chi connectivity index (χ2v) is 7.61. The fraction of sp³-hybridized carbons (Fsp3) is 0.667. The van der Waals surface area contributed by atoms with Crippen molar-refractivity contribution in [1.29, 1.82) is 0 Å². The van der Waals surface area contributed by atoms with Gasteiger partial charge in [-0.3, -0.25) is 0 Å². The molecule has 1 aromatic carbocycles. The van der Waals surface area contributed by atoms with Crippen molar-refractivity contribution >= 4 is 11.8 Å². The molecular formula is C18H27NOS. The Morgan fingerprint density at radius 3 is 2.81 bits per heavy atom. The van der Waals surface area contributed by atoms with Gasteiger partial charge in [-0.05, 0) is 74.1 Å². The van der Waals surface area contributed by atoms with E-state index in [-0.39, 0.29) is 0 Å². The Kier molecular flexibility index (Phi) is 5.48. The lowest BCUT2D eigenvalue weighted by Gasteiger charge is -2.31. The van der Waals surface area contributed by atoms with Gasteiger partial charge in [-0.15, -0.1) is 0 Å². The van der Waals surface area contributed by atoms with Crippen molar-refractivity contribution in [1.82, 2.24) is 5.32 Å². The summed E-state index contributed by atoms with van der Waals surface area (Å²) in [5.74, 6) is 5.42. The highest BCUT2D eigenvalue weighted by atomic mass is 32.2. The Balaban J connectivity index is 1.61. The minimum Gasteiger partial charge on any atom is -0.493 e. The molecule has 0 radical (unpaired) electrons. The molecule has 2 nitrogen and oxygen atoms in total. The Bertz CT molecular complexity index is 445. The average molecular weight is 305 g/mol. The Hall–Kier alpha value is -0.670. The van der Waals surface area contributed by atoms with Crippen LogP contribution in [0.2, 0.25) is 0 Å². The number of fused-ring (bicyclic) bond motifs is 1. The molecule has 2 aliphatic heterocycles. The Morgan fingerprint density at radius 1 is 1.19 bits per heavy atom. The van der Waals surface area contributed by atoms with Crippen molar-refractivity contribution in [2.75, 3.05) is 25.2 Å². The van der Waals surface area contributed by atoms with Crippen LogP contribution in [0.3, 0.4) is 0 Å². The summed E-state index contributed by atoms with van der Waals surface area (Å²) < 4.78 is 5.80. The zero-order valence-corrected chi connectivity index (χ0v) is 13.8. The fourth-order valence-corrected chi connectivity index (χ4v) is 4.92. The van der Waals surface area contributed by atoms with E-state index < -0.39 is 0 Å². The summed E-state index contributed by atoms with van der Waals surface area (Å²) in [7, 11) is 2.13. The summed E-state index contributed by atoms with van der Waals surface area (Å²) >= 11 is 2.12. The maximum absolute atomic E-state index is 5.80. The van der Waals surface area contributed by atoms with E-state index in [0.717, 1.165) is 24.7 Å². The van der Waals surface area contributed by atoms with Gasteiger partial charge >= 0.3 is 0 Å². The minimum absolute atomic E-state index is 0.647. The molecule has 0 aliphatic carbocycles. The number of ether oxygens (including phenoxy) is 1. The van der Waals surface area contributed by atoms with Crippen LogP contribution in [0.15, 0.2) is 24.3 Å². The Labute approximate surface area is 133 Å². The highest BCUT2D eigenvalue weighted by Gasteiger charge is 2.25. The van der Waals surface area contributed by atoms with Crippen molar-refractivity contribution in [3.8, 4) is 5.75 Å². The van der Waals surface area contributed by atoms with Gasteiger partial charge in [0.1, 0.15) is 5.75 Å². The van der Waals surface area contributed by atoms with E-state index in [9.17, 15) is 0 Å². The third-order valence-corrected chi connectivity index (χ3v) is 6.07. The number of benzene rings is 1. The van der Waals surface area contributed by atoms with Gasteiger partial charge in [0.25, 0.3) is 0 Å². The average Bonchev–Trinajstić information content (AvgIpc) is 2.55. The lowest BCUT2D eigenvalue weighted by Crippen LogP contribution is -2.32. The molecule has 0 saturated carbocycles. The summed E-state index contributed by atoms with van der Waals surface area (Å²) in [6.45, 7) is 0.873.